The lowest BCUT2D eigenvalue weighted by Gasteiger charge is -2.03. The van der Waals surface area contributed by atoms with Crippen molar-refractivity contribution >= 4 is 18.0 Å². The van der Waals surface area contributed by atoms with Crippen molar-refractivity contribution in [1.82, 2.24) is 0 Å². The highest BCUT2D eigenvalue weighted by Gasteiger charge is 2.04. The van der Waals surface area contributed by atoms with Crippen molar-refractivity contribution in [2.45, 2.75) is 11.8 Å². The molecule has 0 amide bonds. The Balaban J connectivity index is 2.64. The molecular weight excluding hydrogens is 214 g/mol. The van der Waals surface area contributed by atoms with Gasteiger partial charge in [0.15, 0.2) is 0 Å². The lowest BCUT2D eigenvalue weighted by molar-refractivity contribution is -0.130. The number of ether oxygens (including phenoxy) is 1. The molecule has 0 atom stereocenters. The Hall–Kier alpha value is -1.30. The zero-order valence-corrected chi connectivity index (χ0v) is 9.04. The Labute approximate surface area is 92.2 Å². The molecule has 0 aliphatic heterocycles. The van der Waals surface area contributed by atoms with E-state index in [-0.39, 0.29) is 0 Å². The summed E-state index contributed by atoms with van der Waals surface area (Å²) in [7, 11) is 0. The minimum Gasteiger partial charge on any atom is -0.423 e. The molecule has 1 aromatic carbocycles. The zero-order chi connectivity index (χ0) is 11.3. The summed E-state index contributed by atoms with van der Waals surface area (Å²) in [4.78, 5) is 12.0. The number of esters is 1. The van der Waals surface area contributed by atoms with Crippen LogP contribution in [-0.4, -0.2) is 5.97 Å². The molecule has 0 unspecified atom stereocenters. The monoisotopic (exact) mass is 225 g/mol. The first-order chi connectivity index (χ1) is 7.13. The van der Waals surface area contributed by atoms with Crippen molar-refractivity contribution in [3.05, 3.63) is 36.4 Å². The Bertz CT molecular complexity index is 361. The Morgan fingerprint density at radius 3 is 2.47 bits per heavy atom. The molecule has 15 heavy (non-hydrogen) atoms. The Morgan fingerprint density at radius 2 is 2.00 bits per heavy atom. The van der Waals surface area contributed by atoms with Crippen LogP contribution in [0, 0.1) is 0 Å². The van der Waals surface area contributed by atoms with Crippen LogP contribution in [0.1, 0.15) is 6.92 Å². The van der Waals surface area contributed by atoms with Gasteiger partial charge in [-0.05, 0) is 31.2 Å². The number of carbonyl (C=O) groups is 1. The van der Waals surface area contributed by atoms with E-state index in [1.54, 1.807) is 31.2 Å². The molecule has 0 fully saturated rings. The summed E-state index contributed by atoms with van der Waals surface area (Å²) in [5.74, 6) is 4.91. The topological polar surface area (TPSA) is 61.5 Å². The SMILES string of the molecule is C=C(C)C(=O)Oc1ccc(SON)cc1. The highest BCUT2D eigenvalue weighted by molar-refractivity contribution is 7.94. The number of hydrogen-bond acceptors (Lipinski definition) is 5. The fourth-order valence-corrected chi connectivity index (χ4v) is 1.17. The van der Waals surface area contributed by atoms with E-state index in [0.29, 0.717) is 11.3 Å². The van der Waals surface area contributed by atoms with Gasteiger partial charge in [-0.15, -0.1) is 0 Å². The van der Waals surface area contributed by atoms with Gasteiger partial charge in [-0.25, -0.2) is 15.0 Å². The molecule has 5 heteroatoms. The van der Waals surface area contributed by atoms with E-state index in [1.807, 2.05) is 0 Å². The molecule has 1 aromatic rings. The maximum atomic E-state index is 11.2. The van der Waals surface area contributed by atoms with E-state index in [1.165, 1.54) is 0 Å². The molecule has 0 aliphatic carbocycles. The molecule has 80 valence electrons. The van der Waals surface area contributed by atoms with Gasteiger partial charge in [0.1, 0.15) is 5.75 Å². The minimum atomic E-state index is -0.439. The number of hydrogen-bond donors (Lipinski definition) is 1. The van der Waals surface area contributed by atoms with Gasteiger partial charge < -0.3 is 4.74 Å². The number of benzene rings is 1. The second kappa shape index (κ2) is 5.55. The summed E-state index contributed by atoms with van der Waals surface area (Å²) in [5, 5.41) is 0. The predicted molar refractivity (Wildman–Crippen MR) is 58.0 cm³/mol. The van der Waals surface area contributed by atoms with Crippen molar-refractivity contribution in [3.8, 4) is 5.75 Å². The maximum absolute atomic E-state index is 11.2. The van der Waals surface area contributed by atoms with Crippen LogP contribution in [0.15, 0.2) is 41.3 Å². The summed E-state index contributed by atoms with van der Waals surface area (Å²) in [6, 6.07) is 6.78. The van der Waals surface area contributed by atoms with E-state index in [0.717, 1.165) is 16.9 Å². The predicted octanol–water partition coefficient (Wildman–Crippen LogP) is 2.07. The zero-order valence-electron chi connectivity index (χ0n) is 8.23. The summed E-state index contributed by atoms with van der Waals surface area (Å²) in [6.07, 6.45) is 0. The van der Waals surface area contributed by atoms with Gasteiger partial charge in [-0.1, -0.05) is 6.58 Å². The smallest absolute Gasteiger partial charge is 0.338 e. The summed E-state index contributed by atoms with van der Waals surface area (Å²) in [6.45, 7) is 5.08. The minimum absolute atomic E-state index is 0.360. The lowest BCUT2D eigenvalue weighted by Crippen LogP contribution is -2.07. The summed E-state index contributed by atoms with van der Waals surface area (Å²) in [5.41, 5.74) is 0.360. The second-order valence-electron chi connectivity index (χ2n) is 2.82. The first-order valence-corrected chi connectivity index (χ1v) is 4.89. The third kappa shape index (κ3) is 3.75. The number of rotatable bonds is 4. The van der Waals surface area contributed by atoms with Gasteiger partial charge in [0.2, 0.25) is 0 Å². The highest BCUT2D eigenvalue weighted by atomic mass is 32.2. The normalized spacial score (nSPS) is 9.73. The molecule has 1 rings (SSSR count). The Morgan fingerprint density at radius 1 is 1.40 bits per heavy atom. The van der Waals surface area contributed by atoms with Gasteiger partial charge in [0.05, 0.1) is 12.0 Å². The van der Waals surface area contributed by atoms with Crippen LogP contribution in [0.25, 0.3) is 0 Å². The second-order valence-corrected chi connectivity index (χ2v) is 3.65. The van der Waals surface area contributed by atoms with E-state index in [4.69, 9.17) is 10.6 Å². The first-order valence-electron chi connectivity index (χ1n) is 4.14. The van der Waals surface area contributed by atoms with Crippen LogP contribution in [0.4, 0.5) is 0 Å². The quantitative estimate of drug-likeness (QED) is 0.279. The molecular formula is C10H11NO3S. The average molecular weight is 225 g/mol. The van der Waals surface area contributed by atoms with Crippen molar-refractivity contribution in [2.24, 2.45) is 5.90 Å². The lowest BCUT2D eigenvalue weighted by atomic mass is 10.3. The highest BCUT2D eigenvalue weighted by Crippen LogP contribution is 2.21. The molecule has 0 radical (unpaired) electrons. The van der Waals surface area contributed by atoms with Crippen LogP contribution in [0.3, 0.4) is 0 Å². The summed E-state index contributed by atoms with van der Waals surface area (Å²) < 4.78 is 9.37. The molecule has 4 nitrogen and oxygen atoms in total. The van der Waals surface area contributed by atoms with Crippen LogP contribution in [0.2, 0.25) is 0 Å². The van der Waals surface area contributed by atoms with E-state index >= 15 is 0 Å². The summed E-state index contributed by atoms with van der Waals surface area (Å²) >= 11 is 1.03. The molecule has 0 saturated heterocycles. The van der Waals surface area contributed by atoms with Gasteiger partial charge in [0.25, 0.3) is 0 Å². The van der Waals surface area contributed by atoms with E-state index < -0.39 is 5.97 Å². The maximum Gasteiger partial charge on any atom is 0.338 e. The van der Waals surface area contributed by atoms with Crippen molar-refractivity contribution in [2.75, 3.05) is 0 Å². The molecule has 0 heterocycles. The standard InChI is InChI=1S/C10H11NO3S/c1-7(2)10(12)13-8-3-5-9(6-4-8)15-14-11/h3-6H,1,11H2,2H3. The van der Waals surface area contributed by atoms with Crippen molar-refractivity contribution < 1.29 is 13.8 Å². The molecule has 0 bridgehead atoms. The van der Waals surface area contributed by atoms with Crippen molar-refractivity contribution in [3.63, 3.8) is 0 Å². The van der Waals surface area contributed by atoms with Gasteiger partial charge in [-0.2, -0.15) is 0 Å². The first kappa shape index (κ1) is 11.8. The van der Waals surface area contributed by atoms with E-state index in [9.17, 15) is 4.79 Å². The molecule has 0 aliphatic rings. The van der Waals surface area contributed by atoms with Crippen LogP contribution in [-0.2, 0) is 9.08 Å². The third-order valence-corrected chi connectivity index (χ3v) is 2.09. The van der Waals surface area contributed by atoms with Crippen LogP contribution in [0.5, 0.6) is 5.75 Å². The molecule has 0 saturated carbocycles. The van der Waals surface area contributed by atoms with Crippen LogP contribution >= 0.6 is 12.0 Å². The van der Waals surface area contributed by atoms with Crippen LogP contribution < -0.4 is 10.6 Å². The largest absolute Gasteiger partial charge is 0.423 e. The molecule has 0 spiro atoms. The number of nitrogens with two attached hydrogens (primary N) is 1. The average Bonchev–Trinajstić information content (AvgIpc) is 2.21. The number of carbonyl (C=O) groups excluding carboxylic acids is 1. The van der Waals surface area contributed by atoms with Gasteiger partial charge >= 0.3 is 5.97 Å². The van der Waals surface area contributed by atoms with Gasteiger partial charge in [-0.3, -0.25) is 0 Å². The van der Waals surface area contributed by atoms with Crippen molar-refractivity contribution in [1.29, 1.82) is 0 Å². The molecule has 2 N–H and O–H groups in total. The molecule has 0 aromatic heterocycles. The Kier molecular flexibility index (Phi) is 4.36. The van der Waals surface area contributed by atoms with E-state index in [2.05, 4.69) is 10.9 Å². The fourth-order valence-electron chi connectivity index (χ4n) is 0.813. The fraction of sp³-hybridized carbons (Fsp3) is 0.100. The van der Waals surface area contributed by atoms with Gasteiger partial charge in [0, 0.05) is 10.5 Å². The third-order valence-electron chi connectivity index (χ3n) is 1.53.